The molecular formula is C10H6N2O2S. The van der Waals surface area contributed by atoms with E-state index in [4.69, 9.17) is 4.74 Å². The van der Waals surface area contributed by atoms with Gasteiger partial charge in [0.2, 0.25) is 5.78 Å². The number of rotatable bonds is 0. The number of para-hydroxylation sites is 1. The number of carbonyl (C=O) groups excluding carboxylic acids is 1. The van der Waals surface area contributed by atoms with E-state index < -0.39 is 0 Å². The molecule has 0 N–H and O–H groups in total. The Morgan fingerprint density at radius 1 is 1.33 bits per heavy atom. The first-order valence-electron chi connectivity index (χ1n) is 4.44. The molecule has 0 saturated carbocycles. The van der Waals surface area contributed by atoms with Crippen molar-refractivity contribution in [2.24, 2.45) is 0 Å². The molecule has 15 heavy (non-hydrogen) atoms. The lowest BCUT2D eigenvalue weighted by Crippen LogP contribution is -1.99. The number of benzene rings is 1. The second-order valence-electron chi connectivity index (χ2n) is 3.16. The lowest BCUT2D eigenvalue weighted by Gasteiger charge is -2.03. The first-order chi connectivity index (χ1) is 7.36. The quantitative estimate of drug-likeness (QED) is 0.674. The minimum absolute atomic E-state index is 0.0481. The summed E-state index contributed by atoms with van der Waals surface area (Å²) in [5, 5.41) is 3.87. The number of hydrogen-bond acceptors (Lipinski definition) is 5. The molecule has 2 aromatic rings. The molecule has 3 rings (SSSR count). The van der Waals surface area contributed by atoms with Gasteiger partial charge in [-0.15, -0.1) is 5.10 Å². The normalized spacial score (nSPS) is 13.7. The second-order valence-corrected chi connectivity index (χ2v) is 3.92. The van der Waals surface area contributed by atoms with Gasteiger partial charge in [0.15, 0.2) is 0 Å². The molecule has 0 radical (unpaired) electrons. The molecule has 5 heteroatoms. The Kier molecular flexibility index (Phi) is 1.78. The number of ketones is 1. The van der Waals surface area contributed by atoms with Crippen molar-refractivity contribution in [2.45, 2.75) is 6.61 Å². The molecule has 1 aromatic heterocycles. The van der Waals surface area contributed by atoms with Crippen LogP contribution in [-0.4, -0.2) is 15.4 Å². The fourth-order valence-corrected chi connectivity index (χ4v) is 2.14. The summed E-state index contributed by atoms with van der Waals surface area (Å²) >= 11 is 1.12. The van der Waals surface area contributed by atoms with Crippen LogP contribution in [0.3, 0.4) is 0 Å². The summed E-state index contributed by atoms with van der Waals surface area (Å²) in [7, 11) is 0. The summed E-state index contributed by atoms with van der Waals surface area (Å²) in [6.07, 6.45) is 0. The Labute approximate surface area is 89.7 Å². The number of hydrogen-bond donors (Lipinski definition) is 0. The van der Waals surface area contributed by atoms with Crippen molar-refractivity contribution in [1.29, 1.82) is 0 Å². The molecule has 0 spiro atoms. The highest BCUT2D eigenvalue weighted by molar-refractivity contribution is 7.08. The number of nitrogens with zero attached hydrogens (tertiary/aromatic N) is 2. The van der Waals surface area contributed by atoms with E-state index in [1.807, 2.05) is 12.1 Å². The van der Waals surface area contributed by atoms with E-state index in [0.29, 0.717) is 28.5 Å². The van der Waals surface area contributed by atoms with Gasteiger partial charge in [0, 0.05) is 0 Å². The van der Waals surface area contributed by atoms with Crippen LogP contribution in [0.2, 0.25) is 0 Å². The molecule has 0 unspecified atom stereocenters. The Morgan fingerprint density at radius 2 is 2.20 bits per heavy atom. The van der Waals surface area contributed by atoms with Crippen molar-refractivity contribution in [2.75, 3.05) is 0 Å². The minimum atomic E-state index is -0.0481. The first-order valence-corrected chi connectivity index (χ1v) is 5.21. The molecule has 1 aliphatic rings. The lowest BCUT2D eigenvalue weighted by atomic mass is 10.1. The molecule has 0 fully saturated rings. The molecule has 0 atom stereocenters. The summed E-state index contributed by atoms with van der Waals surface area (Å²) in [4.78, 5) is 12.6. The van der Waals surface area contributed by atoms with Crippen LogP contribution in [0.4, 0.5) is 0 Å². The van der Waals surface area contributed by atoms with Crippen LogP contribution < -0.4 is 4.74 Å². The zero-order valence-electron chi connectivity index (χ0n) is 7.64. The highest BCUT2D eigenvalue weighted by atomic mass is 32.1. The average molecular weight is 218 g/mol. The zero-order chi connectivity index (χ0) is 10.3. The van der Waals surface area contributed by atoms with E-state index in [0.717, 1.165) is 11.5 Å². The smallest absolute Gasteiger partial charge is 0.210 e. The van der Waals surface area contributed by atoms with Crippen LogP contribution in [-0.2, 0) is 6.61 Å². The SMILES string of the molecule is O=C1c2ccccc2OCc2nnsc21. The van der Waals surface area contributed by atoms with Crippen molar-refractivity contribution >= 4 is 17.3 Å². The van der Waals surface area contributed by atoms with Crippen molar-refractivity contribution in [1.82, 2.24) is 9.59 Å². The minimum Gasteiger partial charge on any atom is -0.486 e. The van der Waals surface area contributed by atoms with E-state index in [1.54, 1.807) is 12.1 Å². The zero-order valence-corrected chi connectivity index (χ0v) is 8.45. The molecule has 0 bridgehead atoms. The predicted octanol–water partition coefficient (Wildman–Crippen LogP) is 1.66. The van der Waals surface area contributed by atoms with E-state index >= 15 is 0 Å². The van der Waals surface area contributed by atoms with Gasteiger partial charge in [0.05, 0.1) is 5.56 Å². The molecule has 0 amide bonds. The maximum atomic E-state index is 12.0. The van der Waals surface area contributed by atoms with E-state index in [9.17, 15) is 4.79 Å². The van der Waals surface area contributed by atoms with Crippen LogP contribution in [0.5, 0.6) is 5.75 Å². The van der Waals surface area contributed by atoms with E-state index in [2.05, 4.69) is 9.59 Å². The monoisotopic (exact) mass is 218 g/mol. The maximum Gasteiger partial charge on any atom is 0.210 e. The van der Waals surface area contributed by atoms with Gasteiger partial charge in [-0.25, -0.2) is 0 Å². The van der Waals surface area contributed by atoms with Crippen molar-refractivity contribution in [3.63, 3.8) is 0 Å². The van der Waals surface area contributed by atoms with Gasteiger partial charge >= 0.3 is 0 Å². The molecule has 0 saturated heterocycles. The Morgan fingerprint density at radius 3 is 3.13 bits per heavy atom. The van der Waals surface area contributed by atoms with Crippen LogP contribution in [0, 0.1) is 0 Å². The molecule has 4 nitrogen and oxygen atoms in total. The number of aromatic nitrogens is 2. The van der Waals surface area contributed by atoms with Crippen molar-refractivity contribution < 1.29 is 9.53 Å². The first kappa shape index (κ1) is 8.55. The highest BCUT2D eigenvalue weighted by Crippen LogP contribution is 2.28. The largest absolute Gasteiger partial charge is 0.486 e. The van der Waals surface area contributed by atoms with Crippen LogP contribution in [0.1, 0.15) is 20.9 Å². The lowest BCUT2D eigenvalue weighted by molar-refractivity contribution is 0.104. The van der Waals surface area contributed by atoms with Crippen LogP contribution in [0.25, 0.3) is 0 Å². The van der Waals surface area contributed by atoms with Gasteiger partial charge in [0.1, 0.15) is 22.9 Å². The molecule has 2 heterocycles. The fourth-order valence-electron chi connectivity index (χ4n) is 1.52. The molecule has 1 aromatic carbocycles. The summed E-state index contributed by atoms with van der Waals surface area (Å²) < 4.78 is 9.25. The van der Waals surface area contributed by atoms with E-state index in [-0.39, 0.29) is 5.78 Å². The van der Waals surface area contributed by atoms with E-state index in [1.165, 1.54) is 0 Å². The van der Waals surface area contributed by atoms with Gasteiger partial charge in [-0.05, 0) is 23.7 Å². The van der Waals surface area contributed by atoms with Gasteiger partial charge in [-0.1, -0.05) is 16.6 Å². The predicted molar refractivity (Wildman–Crippen MR) is 54.1 cm³/mol. The third-order valence-corrected chi connectivity index (χ3v) is 3.02. The fraction of sp³-hybridized carbons (Fsp3) is 0.100. The Hall–Kier alpha value is -1.75. The summed E-state index contributed by atoms with van der Waals surface area (Å²) in [6, 6.07) is 7.21. The number of ether oxygens (including phenoxy) is 1. The summed E-state index contributed by atoms with van der Waals surface area (Å²) in [6.45, 7) is 0.314. The standard InChI is InChI=1S/C10H6N2O2S/c13-9-6-3-1-2-4-8(6)14-5-7-10(9)15-12-11-7/h1-4H,5H2. The Bertz CT molecular complexity index is 536. The highest BCUT2D eigenvalue weighted by Gasteiger charge is 2.24. The van der Waals surface area contributed by atoms with Gasteiger partial charge in [0.25, 0.3) is 0 Å². The molecule has 74 valence electrons. The molecule has 1 aliphatic heterocycles. The summed E-state index contributed by atoms with van der Waals surface area (Å²) in [5.74, 6) is 0.570. The molecule has 0 aliphatic carbocycles. The van der Waals surface area contributed by atoms with Gasteiger partial charge in [-0.2, -0.15) is 0 Å². The molecular weight excluding hydrogens is 212 g/mol. The third-order valence-electron chi connectivity index (χ3n) is 2.26. The second kappa shape index (κ2) is 3.13. The van der Waals surface area contributed by atoms with Gasteiger partial charge < -0.3 is 4.74 Å². The maximum absolute atomic E-state index is 12.0. The van der Waals surface area contributed by atoms with Gasteiger partial charge in [-0.3, -0.25) is 4.79 Å². The van der Waals surface area contributed by atoms with Crippen LogP contribution in [0.15, 0.2) is 24.3 Å². The number of carbonyl (C=O) groups is 1. The third kappa shape index (κ3) is 1.24. The number of fused-ring (bicyclic) bond motifs is 2. The topological polar surface area (TPSA) is 52.1 Å². The van der Waals surface area contributed by atoms with Crippen molar-refractivity contribution in [3.05, 3.63) is 40.4 Å². The Balaban J connectivity index is 2.22. The summed E-state index contributed by atoms with van der Waals surface area (Å²) in [5.41, 5.74) is 1.21. The van der Waals surface area contributed by atoms with Crippen molar-refractivity contribution in [3.8, 4) is 5.75 Å². The van der Waals surface area contributed by atoms with Crippen LogP contribution >= 0.6 is 11.5 Å². The average Bonchev–Trinajstić information content (AvgIpc) is 2.69.